The number of amides is 1. The Morgan fingerprint density at radius 1 is 1.50 bits per heavy atom. The number of halogens is 1. The Morgan fingerprint density at radius 3 is 3.05 bits per heavy atom. The van der Waals surface area contributed by atoms with Crippen LogP contribution in [-0.2, 0) is 6.42 Å². The summed E-state index contributed by atoms with van der Waals surface area (Å²) in [7, 11) is 0. The molecule has 0 spiro atoms. The van der Waals surface area contributed by atoms with Gasteiger partial charge in [0, 0.05) is 23.1 Å². The number of pyridine rings is 1. The molecule has 0 aliphatic carbocycles. The first-order valence-electron chi connectivity index (χ1n) is 7.25. The Labute approximate surface area is 129 Å². The van der Waals surface area contributed by atoms with Crippen LogP contribution in [0, 0.1) is 0 Å². The van der Waals surface area contributed by atoms with Gasteiger partial charge >= 0.3 is 0 Å². The monoisotopic (exact) mass is 312 g/mol. The van der Waals surface area contributed by atoms with Crippen LogP contribution in [0.15, 0.2) is 12.1 Å². The van der Waals surface area contributed by atoms with Crippen molar-refractivity contribution in [2.24, 2.45) is 0 Å². The number of nitrogens with zero attached hydrogens (tertiary/aromatic N) is 1. The fraction of sp³-hybridized carbons (Fsp3) is 0.600. The number of thioether (sulfide) groups is 1. The predicted molar refractivity (Wildman–Crippen MR) is 85.7 cm³/mol. The number of nitrogens with one attached hydrogen (secondary N) is 1. The van der Waals surface area contributed by atoms with Gasteiger partial charge in [0.15, 0.2) is 0 Å². The molecular formula is C15H21ClN2OS. The lowest BCUT2D eigenvalue weighted by molar-refractivity contribution is 0.0953. The number of rotatable bonds is 5. The molecule has 1 aliphatic rings. The molecular weight excluding hydrogens is 292 g/mol. The molecule has 1 saturated heterocycles. The van der Waals surface area contributed by atoms with Crippen molar-refractivity contribution in [2.45, 2.75) is 44.3 Å². The summed E-state index contributed by atoms with van der Waals surface area (Å²) < 4.78 is 0. The van der Waals surface area contributed by atoms with Crippen LogP contribution in [0.4, 0.5) is 0 Å². The summed E-state index contributed by atoms with van der Waals surface area (Å²) in [6.45, 7) is 2.83. The molecule has 0 bridgehead atoms. The third kappa shape index (κ3) is 4.67. The highest BCUT2D eigenvalue weighted by Gasteiger charge is 2.16. The molecule has 110 valence electrons. The van der Waals surface area contributed by atoms with Gasteiger partial charge in [-0.05, 0) is 37.1 Å². The molecule has 1 N–H and O–H groups in total. The summed E-state index contributed by atoms with van der Waals surface area (Å²) in [6, 6.07) is 3.49. The fourth-order valence-electron chi connectivity index (χ4n) is 2.34. The molecule has 5 heteroatoms. The average molecular weight is 313 g/mol. The van der Waals surface area contributed by atoms with E-state index in [1.165, 1.54) is 25.0 Å². The Bertz CT molecular complexity index is 461. The van der Waals surface area contributed by atoms with Gasteiger partial charge in [-0.25, -0.2) is 4.98 Å². The highest BCUT2D eigenvalue weighted by Crippen LogP contribution is 2.24. The number of carbonyl (C=O) groups is 1. The van der Waals surface area contributed by atoms with Crippen LogP contribution in [0.1, 0.15) is 48.7 Å². The molecule has 1 atom stereocenters. The number of carbonyl (C=O) groups excluding carboxylic acids is 1. The lowest BCUT2D eigenvalue weighted by atomic mass is 10.1. The summed E-state index contributed by atoms with van der Waals surface area (Å²) in [6.07, 6.45) is 5.61. The minimum atomic E-state index is -0.0437. The van der Waals surface area contributed by atoms with Crippen molar-refractivity contribution < 1.29 is 4.79 Å². The number of hydrogen-bond donors (Lipinski definition) is 1. The maximum absolute atomic E-state index is 12.2. The van der Waals surface area contributed by atoms with Gasteiger partial charge in [0.05, 0.1) is 0 Å². The van der Waals surface area contributed by atoms with Crippen LogP contribution in [0.5, 0.6) is 0 Å². The molecule has 1 aromatic heterocycles. The Hall–Kier alpha value is -0.740. The second-order valence-electron chi connectivity index (χ2n) is 5.12. The van der Waals surface area contributed by atoms with E-state index in [9.17, 15) is 4.79 Å². The average Bonchev–Trinajstić information content (AvgIpc) is 2.45. The van der Waals surface area contributed by atoms with Gasteiger partial charge in [-0.2, -0.15) is 11.8 Å². The maximum Gasteiger partial charge on any atom is 0.251 e. The molecule has 20 heavy (non-hydrogen) atoms. The molecule has 1 fully saturated rings. The zero-order chi connectivity index (χ0) is 14.4. The van der Waals surface area contributed by atoms with Crippen LogP contribution >= 0.6 is 23.4 Å². The predicted octanol–water partition coefficient (Wildman–Crippen LogP) is 3.70. The van der Waals surface area contributed by atoms with Gasteiger partial charge in [0.25, 0.3) is 5.91 Å². The Morgan fingerprint density at radius 2 is 2.35 bits per heavy atom. The van der Waals surface area contributed by atoms with Crippen LogP contribution < -0.4 is 5.32 Å². The molecule has 1 aromatic rings. The smallest absolute Gasteiger partial charge is 0.251 e. The molecule has 1 aliphatic heterocycles. The zero-order valence-corrected chi connectivity index (χ0v) is 13.4. The summed E-state index contributed by atoms with van der Waals surface area (Å²) >= 11 is 7.95. The van der Waals surface area contributed by atoms with E-state index in [0.29, 0.717) is 16.0 Å². The van der Waals surface area contributed by atoms with Gasteiger partial charge in [-0.1, -0.05) is 31.4 Å². The van der Waals surface area contributed by atoms with Crippen molar-refractivity contribution in [1.29, 1.82) is 0 Å². The molecule has 0 aromatic carbocycles. The van der Waals surface area contributed by atoms with Crippen molar-refractivity contribution in [3.05, 3.63) is 28.5 Å². The normalized spacial score (nSPS) is 18.8. The lowest BCUT2D eigenvalue weighted by Crippen LogP contribution is -2.32. The van der Waals surface area contributed by atoms with Crippen molar-refractivity contribution >= 4 is 29.3 Å². The number of aromatic nitrogens is 1. The summed E-state index contributed by atoms with van der Waals surface area (Å²) in [4.78, 5) is 16.4. The van der Waals surface area contributed by atoms with Crippen LogP contribution in [0.25, 0.3) is 0 Å². The van der Waals surface area contributed by atoms with Gasteiger partial charge in [0.2, 0.25) is 0 Å². The van der Waals surface area contributed by atoms with E-state index in [-0.39, 0.29) is 5.91 Å². The number of aryl methyl sites for hydroxylation is 1. The van der Waals surface area contributed by atoms with E-state index in [4.69, 9.17) is 11.6 Å². The maximum atomic E-state index is 12.2. The van der Waals surface area contributed by atoms with E-state index in [2.05, 4.69) is 17.2 Å². The Balaban J connectivity index is 1.93. The van der Waals surface area contributed by atoms with E-state index < -0.39 is 0 Å². The third-order valence-corrected chi connectivity index (χ3v) is 4.97. The SMILES string of the molecule is CCCc1cc(C(=O)NCC2CCCCS2)cc(Cl)n1. The van der Waals surface area contributed by atoms with E-state index in [1.807, 2.05) is 17.8 Å². The summed E-state index contributed by atoms with van der Waals surface area (Å²) in [5.74, 6) is 1.17. The molecule has 0 radical (unpaired) electrons. The van der Waals surface area contributed by atoms with E-state index in [1.54, 1.807) is 6.07 Å². The zero-order valence-electron chi connectivity index (χ0n) is 11.8. The molecule has 1 amide bonds. The second-order valence-corrected chi connectivity index (χ2v) is 6.91. The lowest BCUT2D eigenvalue weighted by Gasteiger charge is -2.21. The first kappa shape index (κ1) is 15.6. The van der Waals surface area contributed by atoms with Crippen molar-refractivity contribution in [3.8, 4) is 0 Å². The third-order valence-electron chi connectivity index (χ3n) is 3.38. The molecule has 2 heterocycles. The first-order valence-corrected chi connectivity index (χ1v) is 8.68. The van der Waals surface area contributed by atoms with E-state index in [0.717, 1.165) is 25.1 Å². The minimum Gasteiger partial charge on any atom is -0.351 e. The van der Waals surface area contributed by atoms with Crippen molar-refractivity contribution in [1.82, 2.24) is 10.3 Å². The molecule has 0 saturated carbocycles. The fourth-order valence-corrected chi connectivity index (χ4v) is 3.81. The summed E-state index contributed by atoms with van der Waals surface area (Å²) in [5, 5.41) is 3.97. The molecule has 1 unspecified atom stereocenters. The van der Waals surface area contributed by atoms with Crippen LogP contribution in [0.3, 0.4) is 0 Å². The largest absolute Gasteiger partial charge is 0.351 e. The minimum absolute atomic E-state index is 0.0437. The Kier molecular flexibility index (Phi) is 6.17. The topological polar surface area (TPSA) is 42.0 Å². The molecule has 3 nitrogen and oxygen atoms in total. The van der Waals surface area contributed by atoms with Crippen LogP contribution in [-0.4, -0.2) is 28.4 Å². The second kappa shape index (κ2) is 7.89. The summed E-state index contributed by atoms with van der Waals surface area (Å²) in [5.41, 5.74) is 1.51. The first-order chi connectivity index (χ1) is 9.69. The van der Waals surface area contributed by atoms with Gasteiger partial charge in [0.1, 0.15) is 5.15 Å². The molecule has 2 rings (SSSR count). The van der Waals surface area contributed by atoms with Gasteiger partial charge in [-0.3, -0.25) is 4.79 Å². The number of hydrogen-bond acceptors (Lipinski definition) is 3. The van der Waals surface area contributed by atoms with Gasteiger partial charge in [-0.15, -0.1) is 0 Å². The van der Waals surface area contributed by atoms with Gasteiger partial charge < -0.3 is 5.32 Å². The standard InChI is InChI=1S/C15H21ClN2OS/c1-2-5-12-8-11(9-14(16)18-12)15(19)17-10-13-6-3-4-7-20-13/h8-9,13H,2-7,10H2,1H3,(H,17,19). The van der Waals surface area contributed by atoms with E-state index >= 15 is 0 Å². The quantitative estimate of drug-likeness (QED) is 0.843. The van der Waals surface area contributed by atoms with Crippen molar-refractivity contribution in [3.63, 3.8) is 0 Å². The highest BCUT2D eigenvalue weighted by atomic mass is 35.5. The van der Waals surface area contributed by atoms with Crippen LogP contribution in [0.2, 0.25) is 5.15 Å². The van der Waals surface area contributed by atoms with Crippen molar-refractivity contribution in [2.75, 3.05) is 12.3 Å². The highest BCUT2D eigenvalue weighted by molar-refractivity contribution is 7.99.